The van der Waals surface area contributed by atoms with Crippen LogP contribution in [0.3, 0.4) is 0 Å². The number of nitrogens with one attached hydrogen (secondary N) is 1. The molecule has 3 aliphatic heterocycles. The number of carbonyl (C=O) groups excluding carboxylic acids is 3. The summed E-state index contributed by atoms with van der Waals surface area (Å²) >= 11 is 0. The molecule has 0 radical (unpaired) electrons. The van der Waals surface area contributed by atoms with Gasteiger partial charge in [-0.3, -0.25) is 24.6 Å². The predicted octanol–water partition coefficient (Wildman–Crippen LogP) is 3.37. The van der Waals surface area contributed by atoms with Crippen LogP contribution in [0, 0.1) is 0 Å². The average molecular weight is 486 g/mol. The van der Waals surface area contributed by atoms with Gasteiger partial charge in [-0.1, -0.05) is 6.07 Å². The van der Waals surface area contributed by atoms with Gasteiger partial charge in [0.05, 0.1) is 5.69 Å². The Hall–Kier alpha value is -3.52. The van der Waals surface area contributed by atoms with Crippen molar-refractivity contribution in [2.45, 2.75) is 70.7 Å². The number of aromatic nitrogens is 2. The highest BCUT2D eigenvalue weighted by atomic mass is 16.2. The van der Waals surface area contributed by atoms with Crippen molar-refractivity contribution in [3.63, 3.8) is 0 Å². The summed E-state index contributed by atoms with van der Waals surface area (Å²) in [4.78, 5) is 46.2. The van der Waals surface area contributed by atoms with Gasteiger partial charge in [0.25, 0.3) is 5.91 Å². The molecule has 8 heteroatoms. The third-order valence-electron chi connectivity index (χ3n) is 8.23. The molecule has 0 spiro atoms. The van der Waals surface area contributed by atoms with Gasteiger partial charge in [0.1, 0.15) is 11.7 Å². The monoisotopic (exact) mass is 485 g/mol. The van der Waals surface area contributed by atoms with Crippen molar-refractivity contribution in [3.05, 3.63) is 53.2 Å². The molecule has 0 bridgehead atoms. The summed E-state index contributed by atoms with van der Waals surface area (Å²) in [7, 11) is 2.02. The Morgan fingerprint density at radius 2 is 1.81 bits per heavy atom. The Bertz CT molecular complexity index is 1400. The number of hydrogen-bond acceptors (Lipinski definition) is 5. The minimum atomic E-state index is -0.611. The second kappa shape index (κ2) is 8.55. The van der Waals surface area contributed by atoms with Crippen molar-refractivity contribution >= 4 is 28.8 Å². The predicted molar refractivity (Wildman–Crippen MR) is 136 cm³/mol. The van der Waals surface area contributed by atoms with Crippen LogP contribution in [-0.2, 0) is 29.7 Å². The summed E-state index contributed by atoms with van der Waals surface area (Å²) in [5, 5.41) is 3.54. The Morgan fingerprint density at radius 1 is 1.03 bits per heavy atom. The highest BCUT2D eigenvalue weighted by molar-refractivity contribution is 6.05. The van der Waals surface area contributed by atoms with Gasteiger partial charge in [-0.25, -0.2) is 4.98 Å². The molecule has 0 saturated carbocycles. The summed E-state index contributed by atoms with van der Waals surface area (Å²) in [5.41, 5.74) is 5.55. The molecule has 1 aromatic carbocycles. The second-order valence-corrected chi connectivity index (χ2v) is 10.6. The van der Waals surface area contributed by atoms with E-state index in [1.807, 2.05) is 25.2 Å². The number of nitrogens with zero attached hydrogens (tertiary/aromatic N) is 4. The van der Waals surface area contributed by atoms with Crippen LogP contribution in [0.5, 0.6) is 0 Å². The summed E-state index contributed by atoms with van der Waals surface area (Å²) in [5.74, 6) is -0.827. The normalized spacial score (nSPS) is 24.6. The Balaban J connectivity index is 1.34. The van der Waals surface area contributed by atoms with E-state index in [0.717, 1.165) is 29.0 Å². The number of likely N-dealkylation sites (tertiary alicyclic amines) is 1. The molecular formula is C28H31N5O3. The molecule has 1 N–H and O–H groups in total. The molecule has 0 aliphatic carbocycles. The first-order valence-electron chi connectivity index (χ1n) is 12.8. The van der Waals surface area contributed by atoms with Gasteiger partial charge >= 0.3 is 0 Å². The lowest BCUT2D eigenvalue weighted by Crippen LogP contribution is -2.52. The van der Waals surface area contributed by atoms with Crippen LogP contribution < -0.4 is 5.32 Å². The number of hydrogen-bond donors (Lipinski definition) is 1. The molecule has 36 heavy (non-hydrogen) atoms. The lowest BCUT2D eigenvalue weighted by atomic mass is 10.0. The maximum atomic E-state index is 13.1. The number of amides is 3. The van der Waals surface area contributed by atoms with Crippen molar-refractivity contribution in [1.29, 1.82) is 0 Å². The number of rotatable bonds is 4. The van der Waals surface area contributed by atoms with E-state index in [-0.39, 0.29) is 18.2 Å². The number of carbonyl (C=O) groups is 3. The van der Waals surface area contributed by atoms with Crippen LogP contribution in [0.4, 0.5) is 0 Å². The third-order valence-corrected chi connectivity index (χ3v) is 8.23. The van der Waals surface area contributed by atoms with Gasteiger partial charge in [0.2, 0.25) is 11.8 Å². The van der Waals surface area contributed by atoms with Crippen LogP contribution in [0.25, 0.3) is 22.3 Å². The molecule has 6 rings (SSSR count). The average Bonchev–Trinajstić information content (AvgIpc) is 3.50. The molecule has 1 unspecified atom stereocenters. The van der Waals surface area contributed by atoms with E-state index in [4.69, 9.17) is 4.98 Å². The zero-order valence-corrected chi connectivity index (χ0v) is 21.0. The van der Waals surface area contributed by atoms with Crippen molar-refractivity contribution in [3.8, 4) is 11.3 Å². The topological polar surface area (TPSA) is 87.5 Å². The molecule has 2 aromatic heterocycles. The number of fused-ring (bicyclic) bond motifs is 2. The molecular weight excluding hydrogens is 454 g/mol. The van der Waals surface area contributed by atoms with Crippen molar-refractivity contribution in [2.24, 2.45) is 7.05 Å². The maximum absolute atomic E-state index is 13.1. The highest BCUT2D eigenvalue weighted by Gasteiger charge is 2.39. The summed E-state index contributed by atoms with van der Waals surface area (Å²) in [6.45, 7) is 5.85. The Kier molecular flexibility index (Phi) is 5.44. The quantitative estimate of drug-likeness (QED) is 0.573. The minimum absolute atomic E-state index is 0.158. The smallest absolute Gasteiger partial charge is 0.255 e. The van der Waals surface area contributed by atoms with E-state index in [1.165, 1.54) is 23.8 Å². The molecule has 3 atom stereocenters. The highest BCUT2D eigenvalue weighted by Crippen LogP contribution is 2.34. The number of imide groups is 1. The molecule has 3 aliphatic rings. The van der Waals surface area contributed by atoms with Crippen LogP contribution in [0.15, 0.2) is 36.5 Å². The summed E-state index contributed by atoms with van der Waals surface area (Å²) in [6, 6.07) is 10.7. The fourth-order valence-corrected chi connectivity index (χ4v) is 6.07. The molecule has 5 heterocycles. The maximum Gasteiger partial charge on any atom is 0.255 e. The molecule has 2 fully saturated rings. The van der Waals surface area contributed by atoms with Crippen LogP contribution >= 0.6 is 0 Å². The van der Waals surface area contributed by atoms with Gasteiger partial charge in [0, 0.05) is 61.4 Å². The molecule has 3 aromatic rings. The lowest BCUT2D eigenvalue weighted by Gasteiger charge is -2.29. The first-order valence-corrected chi connectivity index (χ1v) is 12.8. The largest absolute Gasteiger partial charge is 0.336 e. The number of piperidine rings is 1. The van der Waals surface area contributed by atoms with E-state index >= 15 is 0 Å². The van der Waals surface area contributed by atoms with Crippen molar-refractivity contribution in [1.82, 2.24) is 24.7 Å². The molecule has 2 saturated heterocycles. The second-order valence-electron chi connectivity index (χ2n) is 10.6. The molecule has 186 valence electrons. The van der Waals surface area contributed by atoms with Crippen molar-refractivity contribution in [2.75, 3.05) is 0 Å². The van der Waals surface area contributed by atoms with Crippen LogP contribution in [0.2, 0.25) is 0 Å². The first-order chi connectivity index (χ1) is 17.3. The van der Waals surface area contributed by atoms with E-state index in [2.05, 4.69) is 47.0 Å². The minimum Gasteiger partial charge on any atom is -0.336 e. The number of benzene rings is 1. The first kappa shape index (κ1) is 22.9. The third kappa shape index (κ3) is 3.71. The number of pyridine rings is 1. The van der Waals surface area contributed by atoms with Crippen LogP contribution in [-0.4, -0.2) is 55.2 Å². The zero-order chi connectivity index (χ0) is 25.1. The van der Waals surface area contributed by atoms with E-state index in [0.29, 0.717) is 30.6 Å². The van der Waals surface area contributed by atoms with Gasteiger partial charge < -0.3 is 9.47 Å². The van der Waals surface area contributed by atoms with Gasteiger partial charge in [-0.2, -0.15) is 0 Å². The van der Waals surface area contributed by atoms with E-state index in [1.54, 1.807) is 4.90 Å². The van der Waals surface area contributed by atoms with E-state index < -0.39 is 11.9 Å². The van der Waals surface area contributed by atoms with Crippen LogP contribution in [0.1, 0.15) is 61.0 Å². The fraction of sp³-hybridized carbons (Fsp3) is 0.429. The SMILES string of the molecule is C[C@@H]1CC[C@@H](C)N1Cc1cc(-c2ccc3c(c2)CN(C2CCC(=O)NC2=O)C3=O)nc2c1ccn2C. The Labute approximate surface area is 210 Å². The zero-order valence-electron chi connectivity index (χ0n) is 21.0. The van der Waals surface area contributed by atoms with Gasteiger partial charge in [0.15, 0.2) is 0 Å². The standard InChI is InChI=1S/C28H31N5O3/c1-16-4-5-17(2)32(16)14-20-13-23(29-26-21(20)10-11-31(26)3)18-6-7-22-19(12-18)15-33(28(22)36)24-8-9-25(34)30-27(24)35/h6-7,10-13,16-17,24H,4-5,8-9,14-15H2,1-3H3,(H,30,34,35)/t16-,17-,24?/m1/s1. The Morgan fingerprint density at radius 3 is 2.56 bits per heavy atom. The fourth-order valence-electron chi connectivity index (χ4n) is 6.07. The number of aryl methyl sites for hydroxylation is 1. The lowest BCUT2D eigenvalue weighted by molar-refractivity contribution is -0.136. The summed E-state index contributed by atoms with van der Waals surface area (Å²) < 4.78 is 2.06. The van der Waals surface area contributed by atoms with Crippen molar-refractivity contribution < 1.29 is 14.4 Å². The molecule has 3 amide bonds. The van der Waals surface area contributed by atoms with Gasteiger partial charge in [-0.15, -0.1) is 0 Å². The summed E-state index contributed by atoms with van der Waals surface area (Å²) in [6.07, 6.45) is 5.11. The van der Waals surface area contributed by atoms with Gasteiger partial charge in [-0.05, 0) is 68.5 Å². The van der Waals surface area contributed by atoms with E-state index in [9.17, 15) is 14.4 Å². The molecule has 8 nitrogen and oxygen atoms in total.